The fraction of sp³-hybridized carbons (Fsp3) is 0.333. The third-order valence-electron chi connectivity index (χ3n) is 3.03. The second kappa shape index (κ2) is 4.89. The maximum Gasteiger partial charge on any atom is 0.327 e. The summed E-state index contributed by atoms with van der Waals surface area (Å²) in [5.74, 6) is -0.390. The van der Waals surface area contributed by atoms with Crippen LogP contribution in [0.3, 0.4) is 0 Å². The van der Waals surface area contributed by atoms with E-state index in [0.717, 1.165) is 0 Å². The molecular weight excluding hydrogens is 252 g/mol. The van der Waals surface area contributed by atoms with Crippen LogP contribution >= 0.6 is 11.8 Å². The van der Waals surface area contributed by atoms with Crippen LogP contribution < -0.4 is 5.73 Å². The number of carboxylic acids is 1. The summed E-state index contributed by atoms with van der Waals surface area (Å²) in [6.07, 6.45) is 0. The van der Waals surface area contributed by atoms with Crippen LogP contribution in [0.5, 0.6) is 0 Å². The lowest BCUT2D eigenvalue weighted by Crippen LogP contribution is -2.42. The van der Waals surface area contributed by atoms with Crippen molar-refractivity contribution in [2.24, 2.45) is 0 Å². The molecule has 1 saturated heterocycles. The first-order valence-corrected chi connectivity index (χ1v) is 6.64. The number of aliphatic carboxylic acids is 1. The monoisotopic (exact) mass is 266 g/mol. The van der Waals surface area contributed by atoms with E-state index < -0.39 is 12.0 Å². The van der Waals surface area contributed by atoms with E-state index in [0.29, 0.717) is 28.4 Å². The van der Waals surface area contributed by atoms with E-state index in [-0.39, 0.29) is 5.91 Å². The quantitative estimate of drug-likeness (QED) is 0.785. The number of carbonyl (C=O) groups excluding carboxylic acids is 1. The van der Waals surface area contributed by atoms with E-state index in [1.54, 1.807) is 25.1 Å². The lowest BCUT2D eigenvalue weighted by molar-refractivity contribution is -0.140. The van der Waals surface area contributed by atoms with E-state index in [1.165, 1.54) is 16.7 Å². The van der Waals surface area contributed by atoms with Gasteiger partial charge in [-0.1, -0.05) is 6.07 Å². The molecule has 0 aromatic heterocycles. The van der Waals surface area contributed by atoms with Crippen molar-refractivity contribution in [1.82, 2.24) is 4.90 Å². The molecule has 5 nitrogen and oxygen atoms in total. The fourth-order valence-corrected chi connectivity index (χ4v) is 3.03. The highest BCUT2D eigenvalue weighted by Crippen LogP contribution is 2.25. The number of carboxylic acid groups (broad SMARTS) is 1. The maximum absolute atomic E-state index is 12.3. The van der Waals surface area contributed by atoms with Crippen molar-refractivity contribution in [3.63, 3.8) is 0 Å². The largest absolute Gasteiger partial charge is 0.480 e. The van der Waals surface area contributed by atoms with Crippen molar-refractivity contribution in [3.8, 4) is 0 Å². The van der Waals surface area contributed by atoms with Gasteiger partial charge in [-0.25, -0.2) is 4.79 Å². The van der Waals surface area contributed by atoms with Crippen molar-refractivity contribution < 1.29 is 14.7 Å². The Morgan fingerprint density at radius 2 is 2.22 bits per heavy atom. The summed E-state index contributed by atoms with van der Waals surface area (Å²) in [5, 5.41) is 9.07. The molecule has 96 valence electrons. The van der Waals surface area contributed by atoms with Gasteiger partial charge in [-0.05, 0) is 24.6 Å². The number of hydrogen-bond donors (Lipinski definition) is 2. The highest BCUT2D eigenvalue weighted by molar-refractivity contribution is 7.99. The highest BCUT2D eigenvalue weighted by atomic mass is 32.2. The molecule has 1 fully saturated rings. The smallest absolute Gasteiger partial charge is 0.327 e. The van der Waals surface area contributed by atoms with Crippen LogP contribution in [0.4, 0.5) is 5.69 Å². The van der Waals surface area contributed by atoms with Gasteiger partial charge in [0.25, 0.3) is 5.91 Å². The SMILES string of the molecule is Cc1c(N)cccc1C(=O)N1CSCC1C(=O)O. The van der Waals surface area contributed by atoms with Crippen molar-refractivity contribution in [3.05, 3.63) is 29.3 Å². The molecule has 0 radical (unpaired) electrons. The van der Waals surface area contributed by atoms with E-state index in [1.807, 2.05) is 0 Å². The van der Waals surface area contributed by atoms with E-state index in [2.05, 4.69) is 0 Å². The van der Waals surface area contributed by atoms with Crippen LogP contribution in [0, 0.1) is 6.92 Å². The van der Waals surface area contributed by atoms with Gasteiger partial charge in [0, 0.05) is 17.0 Å². The molecule has 1 aromatic rings. The maximum atomic E-state index is 12.3. The number of rotatable bonds is 2. The van der Waals surface area contributed by atoms with Crippen molar-refractivity contribution >= 4 is 29.3 Å². The minimum atomic E-state index is -0.963. The Labute approximate surface area is 109 Å². The molecular formula is C12H14N2O3S. The van der Waals surface area contributed by atoms with Gasteiger partial charge in [0.15, 0.2) is 0 Å². The number of amides is 1. The first kappa shape index (κ1) is 12.8. The first-order chi connectivity index (χ1) is 8.52. The van der Waals surface area contributed by atoms with Gasteiger partial charge in [0.1, 0.15) is 6.04 Å². The summed E-state index contributed by atoms with van der Waals surface area (Å²) in [6, 6.07) is 4.35. The molecule has 0 aliphatic carbocycles. The minimum Gasteiger partial charge on any atom is -0.480 e. The third kappa shape index (κ3) is 2.15. The second-order valence-electron chi connectivity index (χ2n) is 4.15. The zero-order valence-electron chi connectivity index (χ0n) is 9.92. The zero-order chi connectivity index (χ0) is 13.3. The van der Waals surface area contributed by atoms with Crippen molar-refractivity contribution in [2.75, 3.05) is 17.4 Å². The topological polar surface area (TPSA) is 83.6 Å². The Bertz CT molecular complexity index is 504. The molecule has 2 rings (SSSR count). The van der Waals surface area contributed by atoms with Crippen LogP contribution in [0.1, 0.15) is 15.9 Å². The average Bonchev–Trinajstić information content (AvgIpc) is 2.81. The summed E-state index contributed by atoms with van der Waals surface area (Å²) in [4.78, 5) is 24.8. The van der Waals surface area contributed by atoms with Crippen molar-refractivity contribution in [2.45, 2.75) is 13.0 Å². The summed E-state index contributed by atoms with van der Waals surface area (Å²) in [7, 11) is 0. The predicted octanol–water partition coefficient (Wildman–Crippen LogP) is 1.18. The Balaban J connectivity index is 2.31. The lowest BCUT2D eigenvalue weighted by Gasteiger charge is -2.21. The summed E-state index contributed by atoms with van der Waals surface area (Å²) in [6.45, 7) is 1.77. The number of thioether (sulfide) groups is 1. The summed E-state index contributed by atoms with van der Waals surface area (Å²) < 4.78 is 0. The number of hydrogen-bond acceptors (Lipinski definition) is 4. The number of nitrogens with two attached hydrogens (primary N) is 1. The molecule has 1 aliphatic heterocycles. The van der Waals surface area contributed by atoms with Crippen LogP contribution in [-0.2, 0) is 4.79 Å². The number of nitrogens with zero attached hydrogens (tertiary/aromatic N) is 1. The number of benzene rings is 1. The molecule has 1 unspecified atom stereocenters. The van der Waals surface area contributed by atoms with E-state index in [4.69, 9.17) is 10.8 Å². The fourth-order valence-electron chi connectivity index (χ4n) is 1.89. The van der Waals surface area contributed by atoms with Gasteiger partial charge >= 0.3 is 5.97 Å². The number of anilines is 1. The standard InChI is InChI=1S/C12H14N2O3S/c1-7-8(3-2-4-9(7)13)11(15)14-6-18-5-10(14)12(16)17/h2-4,10H,5-6,13H2,1H3,(H,16,17). The molecule has 0 spiro atoms. The first-order valence-electron chi connectivity index (χ1n) is 5.49. The Morgan fingerprint density at radius 3 is 2.89 bits per heavy atom. The molecule has 0 bridgehead atoms. The molecule has 6 heteroatoms. The minimum absolute atomic E-state index is 0.266. The molecule has 1 atom stereocenters. The van der Waals surface area contributed by atoms with Crippen LogP contribution in [-0.4, -0.2) is 39.6 Å². The van der Waals surface area contributed by atoms with E-state index in [9.17, 15) is 9.59 Å². The summed E-state index contributed by atoms with van der Waals surface area (Å²) >= 11 is 1.44. The van der Waals surface area contributed by atoms with Crippen LogP contribution in [0.2, 0.25) is 0 Å². The second-order valence-corrected chi connectivity index (χ2v) is 5.15. The molecule has 1 heterocycles. The van der Waals surface area contributed by atoms with Gasteiger partial charge in [-0.15, -0.1) is 11.8 Å². The Morgan fingerprint density at radius 1 is 1.50 bits per heavy atom. The Kier molecular flexibility index (Phi) is 3.47. The highest BCUT2D eigenvalue weighted by Gasteiger charge is 2.35. The van der Waals surface area contributed by atoms with Crippen LogP contribution in [0.15, 0.2) is 18.2 Å². The van der Waals surface area contributed by atoms with Crippen LogP contribution in [0.25, 0.3) is 0 Å². The average molecular weight is 266 g/mol. The molecule has 1 aromatic carbocycles. The number of carbonyl (C=O) groups is 2. The molecule has 1 aliphatic rings. The van der Waals surface area contributed by atoms with Gasteiger partial charge in [0.05, 0.1) is 5.88 Å². The Hall–Kier alpha value is -1.69. The van der Waals surface area contributed by atoms with Gasteiger partial charge in [-0.3, -0.25) is 4.79 Å². The summed E-state index contributed by atoms with van der Waals surface area (Å²) in [5.41, 5.74) is 7.47. The molecule has 3 N–H and O–H groups in total. The molecule has 1 amide bonds. The molecule has 0 saturated carbocycles. The number of nitrogen functional groups attached to an aromatic ring is 1. The molecule has 18 heavy (non-hydrogen) atoms. The van der Waals surface area contributed by atoms with E-state index >= 15 is 0 Å². The van der Waals surface area contributed by atoms with Gasteiger partial charge in [0.2, 0.25) is 0 Å². The zero-order valence-corrected chi connectivity index (χ0v) is 10.7. The lowest BCUT2D eigenvalue weighted by atomic mass is 10.1. The predicted molar refractivity (Wildman–Crippen MR) is 70.5 cm³/mol. The van der Waals surface area contributed by atoms with Gasteiger partial charge in [-0.2, -0.15) is 0 Å². The third-order valence-corrected chi connectivity index (χ3v) is 4.05. The normalized spacial score (nSPS) is 18.9. The van der Waals surface area contributed by atoms with Crippen molar-refractivity contribution in [1.29, 1.82) is 0 Å². The van der Waals surface area contributed by atoms with Gasteiger partial charge < -0.3 is 15.7 Å².